The number of imide groups is 1. The first-order valence-corrected chi connectivity index (χ1v) is 10.8. The molecule has 32 heavy (non-hydrogen) atoms. The van der Waals surface area contributed by atoms with Gasteiger partial charge in [-0.05, 0) is 29.8 Å². The quantitative estimate of drug-likeness (QED) is 0.425. The van der Waals surface area contributed by atoms with Crippen molar-refractivity contribution in [1.82, 2.24) is 20.8 Å². The van der Waals surface area contributed by atoms with Gasteiger partial charge in [0.2, 0.25) is 5.91 Å². The second-order valence-electron chi connectivity index (χ2n) is 6.91. The fourth-order valence-corrected chi connectivity index (χ4v) is 3.90. The smallest absolute Gasteiger partial charge is 0.321 e. The summed E-state index contributed by atoms with van der Waals surface area (Å²) < 4.78 is 13.3. The summed E-state index contributed by atoms with van der Waals surface area (Å²) in [5.41, 5.74) is 2.32. The predicted molar refractivity (Wildman–Crippen MR) is 122 cm³/mol. The molecule has 8 heteroatoms. The fourth-order valence-electron chi connectivity index (χ4n) is 3.13. The van der Waals surface area contributed by atoms with E-state index in [-0.39, 0.29) is 11.6 Å². The minimum Gasteiger partial charge on any atom is -0.334 e. The van der Waals surface area contributed by atoms with Crippen molar-refractivity contribution in [2.75, 3.05) is 5.75 Å². The van der Waals surface area contributed by atoms with Crippen LogP contribution in [0.3, 0.4) is 0 Å². The minimum absolute atomic E-state index is 0.00727. The Hall–Kier alpha value is -3.78. The lowest BCUT2D eigenvalue weighted by Gasteiger charge is -2.10. The number of carbonyl (C=O) groups excluding carboxylic acids is 2. The summed E-state index contributed by atoms with van der Waals surface area (Å²) in [4.78, 5) is 24.2. The van der Waals surface area contributed by atoms with Gasteiger partial charge in [-0.3, -0.25) is 10.1 Å². The number of nitrogens with one attached hydrogen (secondary N) is 2. The van der Waals surface area contributed by atoms with Gasteiger partial charge < -0.3 is 5.32 Å². The maximum Gasteiger partial charge on any atom is 0.321 e. The number of aromatic nitrogens is 2. The number of hydrogen-bond donors (Lipinski definition) is 2. The number of urea groups is 1. The van der Waals surface area contributed by atoms with Gasteiger partial charge in [0.1, 0.15) is 16.5 Å². The minimum atomic E-state index is -0.554. The van der Waals surface area contributed by atoms with Crippen molar-refractivity contribution in [3.63, 3.8) is 0 Å². The molecule has 6 nitrogen and oxygen atoms in total. The molecule has 0 unspecified atom stereocenters. The van der Waals surface area contributed by atoms with Gasteiger partial charge in [0.05, 0.1) is 5.75 Å². The molecule has 0 bridgehead atoms. The molecule has 3 aromatic carbocycles. The van der Waals surface area contributed by atoms with E-state index in [2.05, 4.69) is 20.8 Å². The lowest BCUT2D eigenvalue weighted by molar-refractivity contribution is -0.117. The average molecular weight is 447 g/mol. The fraction of sp³-hybridized carbons (Fsp3) is 0.0833. The van der Waals surface area contributed by atoms with Gasteiger partial charge in [-0.1, -0.05) is 66.4 Å². The van der Waals surface area contributed by atoms with Crippen molar-refractivity contribution in [1.29, 1.82) is 0 Å². The number of halogens is 1. The normalized spacial score (nSPS) is 10.7. The van der Waals surface area contributed by atoms with E-state index in [1.807, 2.05) is 54.6 Å². The molecule has 2 N–H and O–H groups in total. The van der Waals surface area contributed by atoms with Crippen LogP contribution in [0.15, 0.2) is 83.9 Å². The molecule has 1 heterocycles. The first-order valence-electron chi connectivity index (χ1n) is 9.86. The molecule has 0 fully saturated rings. The lowest BCUT2D eigenvalue weighted by Crippen LogP contribution is -2.39. The maximum absolute atomic E-state index is 13.3. The Morgan fingerprint density at radius 2 is 1.53 bits per heavy atom. The van der Waals surface area contributed by atoms with Crippen molar-refractivity contribution < 1.29 is 14.0 Å². The third kappa shape index (κ3) is 5.28. The zero-order chi connectivity index (χ0) is 22.3. The molecule has 0 aliphatic carbocycles. The molecule has 0 atom stereocenters. The number of fused-ring (bicyclic) bond motifs is 1. The number of carbonyl (C=O) groups is 2. The summed E-state index contributed by atoms with van der Waals surface area (Å²) >= 11 is 1.20. The zero-order valence-electron chi connectivity index (χ0n) is 16.9. The molecule has 0 saturated heterocycles. The van der Waals surface area contributed by atoms with E-state index >= 15 is 0 Å². The van der Waals surface area contributed by atoms with Crippen molar-refractivity contribution >= 4 is 34.5 Å². The molecule has 3 amide bonds. The number of benzene rings is 3. The largest absolute Gasteiger partial charge is 0.334 e. The third-order valence-electron chi connectivity index (χ3n) is 4.66. The predicted octanol–water partition coefficient (Wildman–Crippen LogP) is 4.55. The maximum atomic E-state index is 13.3. The van der Waals surface area contributed by atoms with Crippen LogP contribution in [0.1, 0.15) is 5.56 Å². The van der Waals surface area contributed by atoms with E-state index in [0.717, 1.165) is 21.9 Å². The highest BCUT2D eigenvalue weighted by atomic mass is 32.2. The van der Waals surface area contributed by atoms with E-state index in [1.165, 1.54) is 23.9 Å². The number of nitrogens with zero attached hydrogens (tertiary/aromatic N) is 2. The van der Waals surface area contributed by atoms with Crippen LogP contribution in [0.5, 0.6) is 0 Å². The van der Waals surface area contributed by atoms with Gasteiger partial charge in [0.25, 0.3) is 0 Å². The molecule has 0 aliphatic rings. The summed E-state index contributed by atoms with van der Waals surface area (Å²) in [6.45, 7) is 0.327. The highest BCUT2D eigenvalue weighted by Crippen LogP contribution is 2.31. The molecule has 4 aromatic rings. The number of amides is 3. The average Bonchev–Trinajstić information content (AvgIpc) is 2.82. The van der Waals surface area contributed by atoms with Crippen LogP contribution >= 0.6 is 11.8 Å². The summed E-state index contributed by atoms with van der Waals surface area (Å²) in [5.74, 6) is -0.751. The van der Waals surface area contributed by atoms with Crippen LogP contribution in [0.2, 0.25) is 0 Å². The number of hydrogen-bond acceptors (Lipinski definition) is 5. The monoisotopic (exact) mass is 446 g/mol. The first-order chi connectivity index (χ1) is 15.6. The number of thioether (sulfide) groups is 1. The van der Waals surface area contributed by atoms with Crippen LogP contribution in [-0.4, -0.2) is 27.9 Å². The van der Waals surface area contributed by atoms with Crippen molar-refractivity contribution in [3.8, 4) is 11.3 Å². The molecule has 0 radical (unpaired) electrons. The van der Waals surface area contributed by atoms with Gasteiger partial charge in [-0.25, -0.2) is 9.18 Å². The van der Waals surface area contributed by atoms with E-state index in [1.54, 1.807) is 12.1 Å². The molecular weight excluding hydrogens is 427 g/mol. The van der Waals surface area contributed by atoms with Crippen molar-refractivity contribution in [3.05, 3.63) is 90.2 Å². The number of rotatable bonds is 6. The molecule has 0 aliphatic heterocycles. The summed E-state index contributed by atoms with van der Waals surface area (Å²) in [6.07, 6.45) is 0. The van der Waals surface area contributed by atoms with Crippen LogP contribution in [0.4, 0.5) is 9.18 Å². The van der Waals surface area contributed by atoms with Gasteiger partial charge in [0, 0.05) is 22.9 Å². The first kappa shape index (κ1) is 21.5. The zero-order valence-corrected chi connectivity index (χ0v) is 17.7. The SMILES string of the molecule is O=C(CSc1nnc(-c2ccc(F)cc2)c2ccccc12)NC(=O)NCc1ccccc1. The van der Waals surface area contributed by atoms with Gasteiger partial charge >= 0.3 is 6.03 Å². The Kier molecular flexibility index (Phi) is 6.72. The third-order valence-corrected chi connectivity index (χ3v) is 5.64. The van der Waals surface area contributed by atoms with Crippen LogP contribution in [0, 0.1) is 5.82 Å². The standard InChI is InChI=1S/C24H19FN4O2S/c25-18-12-10-17(11-13-18)22-19-8-4-5-9-20(19)23(29-28-22)32-15-21(30)27-24(31)26-14-16-6-2-1-3-7-16/h1-13H,14-15H2,(H2,26,27,30,31). The van der Waals surface area contributed by atoms with E-state index in [0.29, 0.717) is 17.3 Å². The van der Waals surface area contributed by atoms with Gasteiger partial charge in [-0.2, -0.15) is 0 Å². The van der Waals surface area contributed by atoms with Gasteiger partial charge in [0.15, 0.2) is 0 Å². The van der Waals surface area contributed by atoms with Crippen LogP contribution < -0.4 is 10.6 Å². The molecular formula is C24H19FN4O2S. The Morgan fingerprint density at radius 3 is 2.28 bits per heavy atom. The highest BCUT2D eigenvalue weighted by molar-refractivity contribution is 8.00. The second kappa shape index (κ2) is 10.0. The molecule has 4 rings (SSSR count). The second-order valence-corrected chi connectivity index (χ2v) is 7.88. The van der Waals surface area contributed by atoms with Crippen molar-refractivity contribution in [2.45, 2.75) is 11.6 Å². The van der Waals surface area contributed by atoms with Crippen molar-refractivity contribution in [2.24, 2.45) is 0 Å². The molecule has 1 aromatic heterocycles. The van der Waals surface area contributed by atoms with E-state index in [9.17, 15) is 14.0 Å². The Labute approximate surface area is 188 Å². The van der Waals surface area contributed by atoms with Gasteiger partial charge in [-0.15, -0.1) is 10.2 Å². The summed E-state index contributed by atoms with van der Waals surface area (Å²) in [6, 6.07) is 22.5. The molecule has 0 spiro atoms. The van der Waals surface area contributed by atoms with Crippen LogP contribution in [-0.2, 0) is 11.3 Å². The van der Waals surface area contributed by atoms with E-state index in [4.69, 9.17) is 0 Å². The molecule has 160 valence electrons. The Balaban J connectivity index is 1.41. The Bertz CT molecular complexity index is 1250. The van der Waals surface area contributed by atoms with E-state index < -0.39 is 11.9 Å². The molecule has 0 saturated carbocycles. The Morgan fingerprint density at radius 1 is 0.844 bits per heavy atom. The highest BCUT2D eigenvalue weighted by Gasteiger charge is 2.14. The topological polar surface area (TPSA) is 84.0 Å². The summed E-state index contributed by atoms with van der Waals surface area (Å²) in [7, 11) is 0. The summed E-state index contributed by atoms with van der Waals surface area (Å²) in [5, 5.41) is 15.8. The lowest BCUT2D eigenvalue weighted by atomic mass is 10.1. The van der Waals surface area contributed by atoms with Crippen LogP contribution in [0.25, 0.3) is 22.0 Å².